The van der Waals surface area contributed by atoms with Crippen molar-refractivity contribution in [3.05, 3.63) is 22.3 Å². The topological polar surface area (TPSA) is 45.6 Å². The maximum atomic E-state index is 9.43. The van der Waals surface area contributed by atoms with Crippen molar-refractivity contribution in [1.82, 2.24) is 4.98 Å². The first-order valence-electron chi connectivity index (χ1n) is 6.36. The molecule has 2 rings (SSSR count). The molecule has 0 amide bonds. The van der Waals surface area contributed by atoms with E-state index in [2.05, 4.69) is 32.7 Å². The Morgan fingerprint density at radius 2 is 2.44 bits per heavy atom. The summed E-state index contributed by atoms with van der Waals surface area (Å²) in [4.78, 5) is 6.60. The van der Waals surface area contributed by atoms with Crippen LogP contribution in [0.2, 0.25) is 0 Å². The van der Waals surface area contributed by atoms with Gasteiger partial charge in [-0.15, -0.1) is 0 Å². The number of halogens is 1. The second-order valence-electron chi connectivity index (χ2n) is 4.47. The molecule has 18 heavy (non-hydrogen) atoms. The Morgan fingerprint density at radius 1 is 1.61 bits per heavy atom. The molecular weight excluding hydrogens is 296 g/mol. The van der Waals surface area contributed by atoms with Gasteiger partial charge in [-0.05, 0) is 41.8 Å². The van der Waals surface area contributed by atoms with E-state index < -0.39 is 0 Å². The summed E-state index contributed by atoms with van der Waals surface area (Å²) in [5.41, 5.74) is 0.851. The summed E-state index contributed by atoms with van der Waals surface area (Å²) >= 11 is 3.38. The number of pyridine rings is 1. The number of aliphatic hydroxyl groups excluding tert-OH is 1. The molecule has 2 heterocycles. The Kier molecular flexibility index (Phi) is 4.97. The molecule has 0 radical (unpaired) electrons. The third kappa shape index (κ3) is 3.22. The lowest BCUT2D eigenvalue weighted by Gasteiger charge is -2.26. The van der Waals surface area contributed by atoms with E-state index in [-0.39, 0.29) is 6.61 Å². The Labute approximate surface area is 116 Å². The monoisotopic (exact) mass is 314 g/mol. The van der Waals surface area contributed by atoms with Crippen LogP contribution in [0.5, 0.6) is 0 Å². The highest BCUT2D eigenvalue weighted by Gasteiger charge is 2.20. The molecule has 1 atom stereocenters. The average molecular weight is 315 g/mol. The fourth-order valence-corrected chi connectivity index (χ4v) is 2.65. The Hall–Kier alpha value is -0.650. The van der Waals surface area contributed by atoms with Crippen molar-refractivity contribution >= 4 is 21.7 Å². The molecule has 1 aliphatic heterocycles. The molecule has 1 aliphatic rings. The number of anilines is 1. The van der Waals surface area contributed by atoms with E-state index >= 15 is 0 Å². The van der Waals surface area contributed by atoms with E-state index in [0.29, 0.717) is 6.10 Å². The van der Waals surface area contributed by atoms with Crippen LogP contribution in [0.4, 0.5) is 5.82 Å². The first-order chi connectivity index (χ1) is 8.74. The zero-order valence-corrected chi connectivity index (χ0v) is 12.2. The molecule has 0 aliphatic carbocycles. The highest BCUT2D eigenvalue weighted by molar-refractivity contribution is 9.10. The highest BCUT2D eigenvalue weighted by Crippen LogP contribution is 2.23. The van der Waals surface area contributed by atoms with E-state index in [9.17, 15) is 5.11 Å². The smallest absolute Gasteiger partial charge is 0.134 e. The fourth-order valence-electron chi connectivity index (χ4n) is 2.27. The van der Waals surface area contributed by atoms with Crippen LogP contribution < -0.4 is 4.90 Å². The summed E-state index contributed by atoms with van der Waals surface area (Å²) in [5, 5.41) is 9.43. The van der Waals surface area contributed by atoms with Crippen molar-refractivity contribution in [3.63, 3.8) is 0 Å². The number of ether oxygens (including phenoxy) is 1. The largest absolute Gasteiger partial charge is 0.392 e. The minimum absolute atomic E-state index is 0.00377. The zero-order chi connectivity index (χ0) is 13.0. The van der Waals surface area contributed by atoms with E-state index in [0.717, 1.165) is 48.4 Å². The van der Waals surface area contributed by atoms with Crippen molar-refractivity contribution in [1.29, 1.82) is 0 Å². The van der Waals surface area contributed by atoms with Gasteiger partial charge in [0.2, 0.25) is 0 Å². The highest BCUT2D eigenvalue weighted by atomic mass is 79.9. The molecule has 1 aromatic rings. The van der Waals surface area contributed by atoms with Crippen LogP contribution >= 0.6 is 15.9 Å². The van der Waals surface area contributed by atoms with Gasteiger partial charge in [0.05, 0.1) is 12.7 Å². The van der Waals surface area contributed by atoms with Gasteiger partial charge < -0.3 is 14.7 Å². The molecule has 0 spiro atoms. The van der Waals surface area contributed by atoms with Gasteiger partial charge in [0.25, 0.3) is 0 Å². The van der Waals surface area contributed by atoms with Crippen molar-refractivity contribution < 1.29 is 9.84 Å². The molecule has 0 aromatic carbocycles. The number of aromatic nitrogens is 1. The predicted molar refractivity (Wildman–Crippen MR) is 74.7 cm³/mol. The minimum atomic E-state index is 0.00377. The molecule has 0 saturated carbocycles. The van der Waals surface area contributed by atoms with Crippen LogP contribution in [-0.4, -0.2) is 35.9 Å². The molecule has 4 nitrogen and oxygen atoms in total. The van der Waals surface area contributed by atoms with Crippen LogP contribution in [-0.2, 0) is 11.3 Å². The number of likely N-dealkylation sites (N-methyl/N-ethyl adjacent to an activating group) is 1. The normalized spacial score (nSPS) is 19.2. The third-order valence-electron chi connectivity index (χ3n) is 3.21. The summed E-state index contributed by atoms with van der Waals surface area (Å²) in [7, 11) is 0. The lowest BCUT2D eigenvalue weighted by Crippen LogP contribution is -2.33. The number of rotatable bonds is 5. The van der Waals surface area contributed by atoms with E-state index in [1.807, 2.05) is 6.07 Å². The number of aliphatic hydroxyl groups is 1. The molecule has 1 unspecified atom stereocenters. The van der Waals surface area contributed by atoms with E-state index in [1.165, 1.54) is 0 Å². The Bertz CT molecular complexity index is 395. The van der Waals surface area contributed by atoms with Gasteiger partial charge in [-0.25, -0.2) is 4.98 Å². The van der Waals surface area contributed by atoms with Crippen molar-refractivity contribution in [2.24, 2.45) is 0 Å². The maximum absolute atomic E-state index is 9.43. The number of hydrogen-bond donors (Lipinski definition) is 1. The Balaban J connectivity index is 2.15. The second kappa shape index (κ2) is 6.50. The maximum Gasteiger partial charge on any atom is 0.134 e. The quantitative estimate of drug-likeness (QED) is 0.906. The summed E-state index contributed by atoms with van der Waals surface area (Å²) < 4.78 is 6.55. The lowest BCUT2D eigenvalue weighted by molar-refractivity contribution is 0.115. The van der Waals surface area contributed by atoms with Crippen LogP contribution in [0.3, 0.4) is 0 Å². The lowest BCUT2D eigenvalue weighted by atomic mass is 10.2. The summed E-state index contributed by atoms with van der Waals surface area (Å²) in [5.74, 6) is 0.860. The zero-order valence-electron chi connectivity index (χ0n) is 10.6. The molecule has 1 fully saturated rings. The van der Waals surface area contributed by atoms with Gasteiger partial charge in [-0.1, -0.05) is 0 Å². The fraction of sp³-hybridized carbons (Fsp3) is 0.615. The van der Waals surface area contributed by atoms with Crippen molar-refractivity contribution in [3.8, 4) is 0 Å². The first kappa shape index (κ1) is 13.8. The summed E-state index contributed by atoms with van der Waals surface area (Å²) in [6.07, 6.45) is 4.32. The standard InChI is InChI=1S/C13H19BrN2O2/c1-2-16(8-12-4-3-5-18-12)13-10(9-17)6-11(14)7-15-13/h6-7,12,17H,2-5,8-9H2,1H3. The number of nitrogens with zero attached hydrogens (tertiary/aromatic N) is 2. The molecule has 1 saturated heterocycles. The van der Waals surface area contributed by atoms with Crippen LogP contribution in [0, 0.1) is 0 Å². The molecule has 1 N–H and O–H groups in total. The van der Waals surface area contributed by atoms with Gasteiger partial charge in [0, 0.05) is 35.9 Å². The van der Waals surface area contributed by atoms with Gasteiger partial charge in [-0.3, -0.25) is 0 Å². The molecular formula is C13H19BrN2O2. The molecule has 0 bridgehead atoms. The molecule has 1 aromatic heterocycles. The first-order valence-corrected chi connectivity index (χ1v) is 7.15. The predicted octanol–water partition coefficient (Wildman–Crippen LogP) is 2.34. The van der Waals surface area contributed by atoms with Gasteiger partial charge in [0.15, 0.2) is 0 Å². The van der Waals surface area contributed by atoms with Crippen molar-refractivity contribution in [2.45, 2.75) is 32.5 Å². The average Bonchev–Trinajstić information content (AvgIpc) is 2.89. The van der Waals surface area contributed by atoms with Crippen molar-refractivity contribution in [2.75, 3.05) is 24.6 Å². The molecule has 100 valence electrons. The van der Waals surface area contributed by atoms with Gasteiger partial charge in [-0.2, -0.15) is 0 Å². The molecule has 5 heteroatoms. The summed E-state index contributed by atoms with van der Waals surface area (Å²) in [6, 6.07) is 1.92. The number of hydrogen-bond acceptors (Lipinski definition) is 4. The van der Waals surface area contributed by atoms with Crippen LogP contribution in [0.25, 0.3) is 0 Å². The van der Waals surface area contributed by atoms with Gasteiger partial charge in [0.1, 0.15) is 5.82 Å². The Morgan fingerprint density at radius 3 is 3.06 bits per heavy atom. The van der Waals surface area contributed by atoms with Gasteiger partial charge >= 0.3 is 0 Å². The van der Waals surface area contributed by atoms with Crippen LogP contribution in [0.1, 0.15) is 25.3 Å². The van der Waals surface area contributed by atoms with E-state index in [4.69, 9.17) is 4.74 Å². The summed E-state index contributed by atoms with van der Waals surface area (Å²) in [6.45, 7) is 4.67. The third-order valence-corrected chi connectivity index (χ3v) is 3.64. The second-order valence-corrected chi connectivity index (χ2v) is 5.38. The van der Waals surface area contributed by atoms with Crippen LogP contribution in [0.15, 0.2) is 16.7 Å². The van der Waals surface area contributed by atoms with E-state index in [1.54, 1.807) is 6.20 Å². The minimum Gasteiger partial charge on any atom is -0.392 e. The SMILES string of the molecule is CCN(CC1CCCO1)c1ncc(Br)cc1CO.